The number of aromatic amines is 1. The molecule has 1 N–H and O–H groups in total. The van der Waals surface area contributed by atoms with E-state index < -0.39 is 0 Å². The van der Waals surface area contributed by atoms with Gasteiger partial charge in [0.15, 0.2) is 5.78 Å². The third-order valence-corrected chi connectivity index (χ3v) is 3.42. The molecule has 0 radical (unpaired) electrons. The predicted octanol–water partition coefficient (Wildman–Crippen LogP) is 2.73. The van der Waals surface area contributed by atoms with Crippen molar-refractivity contribution in [3.63, 3.8) is 0 Å². The number of ketones is 1. The van der Waals surface area contributed by atoms with Crippen LogP contribution in [0.5, 0.6) is 0 Å². The molecular formula is C16H12FNO2. The molecule has 20 heavy (non-hydrogen) atoms. The summed E-state index contributed by atoms with van der Waals surface area (Å²) in [5.74, 6) is -0.495. The summed E-state index contributed by atoms with van der Waals surface area (Å²) in [5, 5.41) is 0. The van der Waals surface area contributed by atoms with Crippen LogP contribution in [0.15, 0.2) is 46.8 Å². The van der Waals surface area contributed by atoms with Gasteiger partial charge in [-0.3, -0.25) is 9.59 Å². The van der Waals surface area contributed by atoms with Crippen molar-refractivity contribution in [1.82, 2.24) is 4.98 Å². The maximum absolute atomic E-state index is 13.6. The molecule has 0 atom stereocenters. The van der Waals surface area contributed by atoms with Gasteiger partial charge in [-0.25, -0.2) is 4.39 Å². The standard InChI is InChI=1S/C16H12FNO2/c17-13-4-2-1-3-10(13)9-11-5-7-14-12(16(11)20)6-8-15(19)18-14/h1-4,6,8-9H,5,7H2,(H,18,19)/b11-9+. The molecular weight excluding hydrogens is 257 g/mol. The fraction of sp³-hybridized carbons (Fsp3) is 0.125. The van der Waals surface area contributed by atoms with E-state index in [4.69, 9.17) is 0 Å². The van der Waals surface area contributed by atoms with E-state index in [1.807, 2.05) is 0 Å². The second kappa shape index (κ2) is 4.89. The van der Waals surface area contributed by atoms with Crippen LogP contribution in [-0.2, 0) is 6.42 Å². The Bertz CT molecular complexity index is 774. The average Bonchev–Trinajstić information content (AvgIpc) is 2.44. The highest BCUT2D eigenvalue weighted by Gasteiger charge is 2.22. The van der Waals surface area contributed by atoms with Gasteiger partial charge in [0.05, 0.1) is 0 Å². The number of carbonyl (C=O) groups is 1. The Balaban J connectivity index is 2.03. The van der Waals surface area contributed by atoms with Crippen LogP contribution in [0.25, 0.3) is 6.08 Å². The molecule has 4 heteroatoms. The number of aryl methyl sites for hydroxylation is 1. The number of hydrogen-bond donors (Lipinski definition) is 1. The summed E-state index contributed by atoms with van der Waals surface area (Å²) >= 11 is 0. The number of pyridine rings is 1. The molecule has 3 rings (SSSR count). The maximum atomic E-state index is 13.6. The number of fused-ring (bicyclic) bond motifs is 1. The van der Waals surface area contributed by atoms with Crippen molar-refractivity contribution >= 4 is 11.9 Å². The molecule has 1 aliphatic carbocycles. The number of allylic oxidation sites excluding steroid dienone is 1. The molecule has 1 aromatic carbocycles. The van der Waals surface area contributed by atoms with E-state index in [1.165, 1.54) is 18.2 Å². The summed E-state index contributed by atoms with van der Waals surface area (Å²) in [6.45, 7) is 0. The summed E-state index contributed by atoms with van der Waals surface area (Å²) in [6, 6.07) is 9.21. The maximum Gasteiger partial charge on any atom is 0.248 e. The van der Waals surface area contributed by atoms with Gasteiger partial charge in [0.2, 0.25) is 5.56 Å². The Kier molecular flexibility index (Phi) is 3.06. The largest absolute Gasteiger partial charge is 0.325 e. The number of halogens is 1. The van der Waals surface area contributed by atoms with Crippen molar-refractivity contribution in [2.45, 2.75) is 12.8 Å². The van der Waals surface area contributed by atoms with Gasteiger partial charge in [-0.15, -0.1) is 0 Å². The normalized spacial score (nSPS) is 16.2. The molecule has 0 spiro atoms. The van der Waals surface area contributed by atoms with Gasteiger partial charge in [0.1, 0.15) is 5.82 Å². The minimum absolute atomic E-state index is 0.147. The molecule has 0 amide bonds. The highest BCUT2D eigenvalue weighted by Crippen LogP contribution is 2.25. The highest BCUT2D eigenvalue weighted by molar-refractivity contribution is 6.12. The Morgan fingerprint density at radius 1 is 1.05 bits per heavy atom. The number of aromatic nitrogens is 1. The number of rotatable bonds is 1. The van der Waals surface area contributed by atoms with Crippen molar-refractivity contribution in [3.8, 4) is 0 Å². The summed E-state index contributed by atoms with van der Waals surface area (Å²) in [7, 11) is 0. The van der Waals surface area contributed by atoms with Gasteiger partial charge in [-0.2, -0.15) is 0 Å². The van der Waals surface area contributed by atoms with E-state index in [0.717, 1.165) is 0 Å². The third kappa shape index (κ3) is 2.20. The number of nitrogens with one attached hydrogen (secondary N) is 1. The number of benzene rings is 1. The molecule has 0 bridgehead atoms. The second-order valence-corrected chi connectivity index (χ2v) is 4.74. The van der Waals surface area contributed by atoms with Crippen LogP contribution in [-0.4, -0.2) is 10.8 Å². The van der Waals surface area contributed by atoms with Crippen LogP contribution in [0, 0.1) is 5.82 Å². The van der Waals surface area contributed by atoms with E-state index in [-0.39, 0.29) is 17.2 Å². The summed E-state index contributed by atoms with van der Waals surface area (Å²) in [6.07, 6.45) is 2.67. The molecule has 2 aromatic rings. The fourth-order valence-electron chi connectivity index (χ4n) is 2.39. The SMILES string of the molecule is O=C1/C(=C/c2ccccc2F)CCc2[nH]c(=O)ccc21. The number of Topliss-reactive ketones (excluding diaryl/α,β-unsaturated/α-hetero) is 1. The van der Waals surface area contributed by atoms with Gasteiger partial charge in [-0.05, 0) is 31.1 Å². The lowest BCUT2D eigenvalue weighted by atomic mass is 9.89. The van der Waals surface area contributed by atoms with Crippen molar-refractivity contribution in [2.75, 3.05) is 0 Å². The van der Waals surface area contributed by atoms with Gasteiger partial charge >= 0.3 is 0 Å². The topological polar surface area (TPSA) is 49.9 Å². The van der Waals surface area contributed by atoms with Crippen LogP contribution in [0.4, 0.5) is 4.39 Å². The van der Waals surface area contributed by atoms with Crippen LogP contribution >= 0.6 is 0 Å². The quantitative estimate of drug-likeness (QED) is 0.809. The van der Waals surface area contributed by atoms with Crippen LogP contribution < -0.4 is 5.56 Å². The molecule has 3 nitrogen and oxygen atoms in total. The average molecular weight is 269 g/mol. The monoisotopic (exact) mass is 269 g/mol. The zero-order chi connectivity index (χ0) is 14.1. The van der Waals surface area contributed by atoms with Crippen LogP contribution in [0.3, 0.4) is 0 Å². The van der Waals surface area contributed by atoms with Crippen molar-refractivity contribution < 1.29 is 9.18 Å². The first-order chi connectivity index (χ1) is 9.65. The first-order valence-corrected chi connectivity index (χ1v) is 6.37. The smallest absolute Gasteiger partial charge is 0.248 e. The van der Waals surface area contributed by atoms with Gasteiger partial charge in [0.25, 0.3) is 0 Å². The van der Waals surface area contributed by atoms with Crippen molar-refractivity contribution in [1.29, 1.82) is 0 Å². The first-order valence-electron chi connectivity index (χ1n) is 6.37. The van der Waals surface area contributed by atoms with E-state index in [2.05, 4.69) is 4.98 Å². The summed E-state index contributed by atoms with van der Waals surface area (Å²) in [4.78, 5) is 26.2. The second-order valence-electron chi connectivity index (χ2n) is 4.74. The van der Waals surface area contributed by atoms with Crippen LogP contribution in [0.1, 0.15) is 28.0 Å². The Morgan fingerprint density at radius 2 is 1.85 bits per heavy atom. The first kappa shape index (κ1) is 12.5. The summed E-state index contributed by atoms with van der Waals surface area (Å²) in [5.41, 5.74) is 1.92. The molecule has 0 fully saturated rings. The fourth-order valence-corrected chi connectivity index (χ4v) is 2.39. The van der Waals surface area contributed by atoms with E-state index in [0.29, 0.717) is 35.2 Å². The molecule has 1 heterocycles. The predicted molar refractivity (Wildman–Crippen MR) is 74.1 cm³/mol. The molecule has 1 aliphatic rings. The number of H-pyrrole nitrogens is 1. The lowest BCUT2D eigenvalue weighted by molar-refractivity contribution is 0.102. The highest BCUT2D eigenvalue weighted by atomic mass is 19.1. The Morgan fingerprint density at radius 3 is 2.65 bits per heavy atom. The van der Waals surface area contributed by atoms with Crippen molar-refractivity contribution in [3.05, 3.63) is 75.0 Å². The minimum atomic E-state index is -0.347. The molecule has 0 unspecified atom stereocenters. The Hall–Kier alpha value is -2.49. The van der Waals surface area contributed by atoms with Crippen molar-refractivity contribution in [2.24, 2.45) is 0 Å². The van der Waals surface area contributed by atoms with Gasteiger partial charge < -0.3 is 4.98 Å². The zero-order valence-corrected chi connectivity index (χ0v) is 10.7. The van der Waals surface area contributed by atoms with Crippen LogP contribution in [0.2, 0.25) is 0 Å². The molecule has 1 aromatic heterocycles. The number of hydrogen-bond acceptors (Lipinski definition) is 2. The molecule has 0 saturated heterocycles. The lowest BCUT2D eigenvalue weighted by Gasteiger charge is -2.16. The third-order valence-electron chi connectivity index (χ3n) is 3.42. The lowest BCUT2D eigenvalue weighted by Crippen LogP contribution is -2.19. The molecule has 0 saturated carbocycles. The van der Waals surface area contributed by atoms with E-state index >= 15 is 0 Å². The van der Waals surface area contributed by atoms with Gasteiger partial charge in [-0.1, -0.05) is 18.2 Å². The molecule has 100 valence electrons. The number of carbonyl (C=O) groups excluding carboxylic acids is 1. The minimum Gasteiger partial charge on any atom is -0.325 e. The summed E-state index contributed by atoms with van der Waals surface area (Å²) < 4.78 is 13.6. The van der Waals surface area contributed by atoms with Gasteiger partial charge in [0, 0.05) is 28.5 Å². The Labute approximate surface area is 114 Å². The zero-order valence-electron chi connectivity index (χ0n) is 10.7. The molecule has 0 aliphatic heterocycles. The van der Waals surface area contributed by atoms with E-state index in [9.17, 15) is 14.0 Å². The van der Waals surface area contributed by atoms with E-state index in [1.54, 1.807) is 24.3 Å².